The van der Waals surface area contributed by atoms with Crippen molar-refractivity contribution >= 4 is 34.1 Å². The molecule has 2 N–H and O–H groups in total. The minimum atomic E-state index is -0.220. The highest BCUT2D eigenvalue weighted by molar-refractivity contribution is 6.31. The lowest BCUT2D eigenvalue weighted by atomic mass is 10.1. The smallest absolute Gasteiger partial charge is 0.257 e. The number of nitrogens with zero attached hydrogens (tertiary/aromatic N) is 3. The summed E-state index contributed by atoms with van der Waals surface area (Å²) in [4.78, 5) is 22.0. The minimum Gasteiger partial charge on any atom is -0.322 e. The maximum atomic E-state index is 12.9. The van der Waals surface area contributed by atoms with Crippen molar-refractivity contribution in [3.8, 4) is 11.4 Å². The van der Waals surface area contributed by atoms with Gasteiger partial charge in [-0.2, -0.15) is 5.10 Å². The van der Waals surface area contributed by atoms with Crippen LogP contribution in [0.25, 0.3) is 22.3 Å². The van der Waals surface area contributed by atoms with E-state index in [4.69, 9.17) is 11.6 Å². The summed E-state index contributed by atoms with van der Waals surface area (Å²) in [5.41, 5.74) is 3.51. The van der Waals surface area contributed by atoms with Crippen molar-refractivity contribution in [3.63, 3.8) is 0 Å². The number of anilines is 1. The Balaban J connectivity index is 1.41. The number of H-pyrrole nitrogens is 1. The van der Waals surface area contributed by atoms with Crippen molar-refractivity contribution in [2.45, 2.75) is 25.7 Å². The number of fused-ring (bicyclic) bond motifs is 1. The fourth-order valence-corrected chi connectivity index (χ4v) is 3.53. The molecule has 7 heteroatoms. The van der Waals surface area contributed by atoms with Crippen molar-refractivity contribution in [1.29, 1.82) is 0 Å². The number of carbonyl (C=O) groups is 1. The zero-order valence-electron chi connectivity index (χ0n) is 15.7. The van der Waals surface area contributed by atoms with Crippen LogP contribution in [0.15, 0.2) is 48.5 Å². The average Bonchev–Trinajstić information content (AvgIpc) is 3.44. The average molecular weight is 404 g/mol. The third-order valence-corrected chi connectivity index (χ3v) is 5.29. The number of nitrogens with one attached hydrogen (secondary N) is 2. The van der Waals surface area contributed by atoms with Crippen LogP contribution in [0.4, 0.5) is 5.69 Å². The molecular weight excluding hydrogens is 386 g/mol. The first-order valence-corrected chi connectivity index (χ1v) is 9.85. The number of hydrogen-bond acceptors (Lipinski definition) is 4. The highest BCUT2D eigenvalue weighted by atomic mass is 35.5. The molecule has 0 bridgehead atoms. The molecule has 5 rings (SSSR count). The number of pyridine rings is 1. The zero-order valence-corrected chi connectivity index (χ0v) is 16.5. The number of benzene rings is 2. The largest absolute Gasteiger partial charge is 0.322 e. The molecule has 1 amide bonds. The van der Waals surface area contributed by atoms with Crippen molar-refractivity contribution in [2.75, 3.05) is 5.32 Å². The highest BCUT2D eigenvalue weighted by Crippen LogP contribution is 2.38. The molecule has 144 valence electrons. The van der Waals surface area contributed by atoms with Crippen molar-refractivity contribution in [3.05, 3.63) is 70.6 Å². The first-order valence-electron chi connectivity index (χ1n) is 9.48. The van der Waals surface area contributed by atoms with Gasteiger partial charge in [0.05, 0.1) is 16.8 Å². The lowest BCUT2D eigenvalue weighted by molar-refractivity contribution is 0.102. The van der Waals surface area contributed by atoms with Crippen LogP contribution in [-0.4, -0.2) is 26.1 Å². The Hall–Kier alpha value is -3.25. The van der Waals surface area contributed by atoms with E-state index in [1.165, 1.54) is 0 Å². The van der Waals surface area contributed by atoms with Gasteiger partial charge in [0.15, 0.2) is 5.82 Å². The summed E-state index contributed by atoms with van der Waals surface area (Å²) in [5, 5.41) is 11.7. The van der Waals surface area contributed by atoms with Crippen LogP contribution in [0, 0.1) is 6.92 Å². The molecule has 29 heavy (non-hydrogen) atoms. The third kappa shape index (κ3) is 3.59. The Morgan fingerprint density at radius 1 is 1.14 bits per heavy atom. The molecule has 0 saturated heterocycles. The summed E-state index contributed by atoms with van der Waals surface area (Å²) in [6.45, 7) is 1.83. The predicted molar refractivity (Wildman–Crippen MR) is 113 cm³/mol. The van der Waals surface area contributed by atoms with Gasteiger partial charge in [-0.25, -0.2) is 4.98 Å². The fraction of sp³-hybridized carbons (Fsp3) is 0.182. The van der Waals surface area contributed by atoms with E-state index in [0.717, 1.165) is 35.1 Å². The van der Waals surface area contributed by atoms with E-state index >= 15 is 0 Å². The summed E-state index contributed by atoms with van der Waals surface area (Å²) in [5.74, 6) is 1.87. The number of aryl methyl sites for hydroxylation is 1. The second kappa shape index (κ2) is 6.97. The molecule has 1 aliphatic carbocycles. The standard InChI is InChI=1S/C22H18ClN5O/c1-12-18(11-15-9-16(23)7-8-19(15)24-12)22(29)25-17-4-2-3-14(10-17)21-26-20(27-28-21)13-5-6-13/h2-4,7-11,13H,5-6H2,1H3,(H,25,29)(H,26,27,28). The molecule has 0 unspecified atom stereocenters. The van der Waals surface area contributed by atoms with E-state index in [9.17, 15) is 4.79 Å². The number of aromatic amines is 1. The second-order valence-electron chi connectivity index (χ2n) is 7.31. The van der Waals surface area contributed by atoms with E-state index in [1.54, 1.807) is 12.1 Å². The molecule has 6 nitrogen and oxygen atoms in total. The normalized spacial score (nSPS) is 13.6. The van der Waals surface area contributed by atoms with E-state index in [-0.39, 0.29) is 5.91 Å². The fourth-order valence-electron chi connectivity index (χ4n) is 3.35. The van der Waals surface area contributed by atoms with Gasteiger partial charge in [0.2, 0.25) is 0 Å². The number of amides is 1. The molecule has 2 heterocycles. The van der Waals surface area contributed by atoms with Gasteiger partial charge in [-0.1, -0.05) is 23.7 Å². The van der Waals surface area contributed by atoms with Gasteiger partial charge in [0, 0.05) is 27.6 Å². The van der Waals surface area contributed by atoms with Gasteiger partial charge < -0.3 is 5.32 Å². The van der Waals surface area contributed by atoms with Gasteiger partial charge in [0.1, 0.15) is 5.82 Å². The Bertz CT molecular complexity index is 1250. The summed E-state index contributed by atoms with van der Waals surface area (Å²) >= 11 is 6.08. The molecule has 2 aromatic carbocycles. The quantitative estimate of drug-likeness (QED) is 0.495. The van der Waals surface area contributed by atoms with Crippen LogP contribution in [0.3, 0.4) is 0 Å². The van der Waals surface area contributed by atoms with Crippen LogP contribution >= 0.6 is 11.6 Å². The van der Waals surface area contributed by atoms with E-state index in [0.29, 0.717) is 33.7 Å². The summed E-state index contributed by atoms with van der Waals surface area (Å²) in [7, 11) is 0. The Labute approximate surface area is 172 Å². The Morgan fingerprint density at radius 2 is 2.00 bits per heavy atom. The van der Waals surface area contributed by atoms with Crippen LogP contribution in [0.1, 0.15) is 40.6 Å². The molecule has 4 aromatic rings. The number of hydrogen-bond donors (Lipinski definition) is 2. The van der Waals surface area contributed by atoms with E-state index in [2.05, 4.69) is 25.5 Å². The molecule has 1 fully saturated rings. The topological polar surface area (TPSA) is 83.6 Å². The van der Waals surface area contributed by atoms with Crippen LogP contribution in [0.2, 0.25) is 5.02 Å². The lowest BCUT2D eigenvalue weighted by Gasteiger charge is -2.10. The number of halogens is 1. The molecule has 0 aliphatic heterocycles. The third-order valence-electron chi connectivity index (χ3n) is 5.06. The number of rotatable bonds is 4. The summed E-state index contributed by atoms with van der Waals surface area (Å²) in [6, 6.07) is 14.8. The Kier molecular flexibility index (Phi) is 4.28. The van der Waals surface area contributed by atoms with Gasteiger partial charge in [-0.05, 0) is 56.2 Å². The van der Waals surface area contributed by atoms with Crippen molar-refractivity contribution in [1.82, 2.24) is 20.2 Å². The Morgan fingerprint density at radius 3 is 2.83 bits per heavy atom. The molecule has 0 atom stereocenters. The first-order chi connectivity index (χ1) is 14.1. The van der Waals surface area contributed by atoms with Crippen LogP contribution < -0.4 is 5.32 Å². The van der Waals surface area contributed by atoms with Crippen molar-refractivity contribution < 1.29 is 4.79 Å². The number of aromatic nitrogens is 4. The van der Waals surface area contributed by atoms with E-state index < -0.39 is 0 Å². The molecule has 0 radical (unpaired) electrons. The lowest BCUT2D eigenvalue weighted by Crippen LogP contribution is -2.14. The maximum absolute atomic E-state index is 12.9. The summed E-state index contributed by atoms with van der Waals surface area (Å²) < 4.78 is 0. The van der Waals surface area contributed by atoms with Crippen LogP contribution in [-0.2, 0) is 0 Å². The van der Waals surface area contributed by atoms with Gasteiger partial charge >= 0.3 is 0 Å². The molecule has 2 aromatic heterocycles. The van der Waals surface area contributed by atoms with E-state index in [1.807, 2.05) is 43.3 Å². The predicted octanol–water partition coefficient (Wildman–Crippen LogP) is 5.11. The monoisotopic (exact) mass is 403 g/mol. The maximum Gasteiger partial charge on any atom is 0.257 e. The van der Waals surface area contributed by atoms with Gasteiger partial charge in [0.25, 0.3) is 5.91 Å². The summed E-state index contributed by atoms with van der Waals surface area (Å²) in [6.07, 6.45) is 2.32. The first kappa shape index (κ1) is 17.8. The second-order valence-corrected chi connectivity index (χ2v) is 7.75. The molecule has 0 spiro atoms. The van der Waals surface area contributed by atoms with Crippen molar-refractivity contribution in [2.24, 2.45) is 0 Å². The van der Waals surface area contributed by atoms with Gasteiger partial charge in [-0.15, -0.1) is 0 Å². The highest BCUT2D eigenvalue weighted by Gasteiger charge is 2.27. The SMILES string of the molecule is Cc1nc2ccc(Cl)cc2cc1C(=O)Nc1cccc(-c2n[nH]c(C3CC3)n2)c1. The van der Waals surface area contributed by atoms with Crippen LogP contribution in [0.5, 0.6) is 0 Å². The number of carbonyl (C=O) groups excluding carboxylic acids is 1. The molecule has 1 aliphatic rings. The molecular formula is C22H18ClN5O. The zero-order chi connectivity index (χ0) is 20.0. The minimum absolute atomic E-state index is 0.220. The van der Waals surface area contributed by atoms with Gasteiger partial charge in [-0.3, -0.25) is 14.9 Å². The molecule has 1 saturated carbocycles.